The Morgan fingerprint density at radius 2 is 1.71 bits per heavy atom. The monoisotopic (exact) mass is 615 g/mol. The van der Waals surface area contributed by atoms with E-state index in [2.05, 4.69) is 25.9 Å². The summed E-state index contributed by atoms with van der Waals surface area (Å²) < 4.78 is 34.5. The van der Waals surface area contributed by atoms with Crippen LogP contribution in [0, 0.1) is 6.92 Å². The van der Waals surface area contributed by atoms with E-state index in [0.29, 0.717) is 24.4 Å². The first-order valence-electron chi connectivity index (χ1n) is 13.3. The van der Waals surface area contributed by atoms with E-state index in [4.69, 9.17) is 9.72 Å². The van der Waals surface area contributed by atoms with Crippen LogP contribution in [0.5, 0.6) is 5.75 Å². The first-order valence-corrected chi connectivity index (χ1v) is 15.6. The van der Waals surface area contributed by atoms with Crippen molar-refractivity contribution in [2.75, 3.05) is 55.5 Å². The number of piperazine rings is 1. The predicted molar refractivity (Wildman–Crippen MR) is 167 cm³/mol. The maximum absolute atomic E-state index is 12.6. The molecular formula is C29H34ClN5O4S2. The molecule has 0 bridgehead atoms. The molecule has 0 atom stereocenters. The van der Waals surface area contributed by atoms with Gasteiger partial charge in [-0.25, -0.2) is 13.4 Å². The number of sulfonamides is 1. The highest BCUT2D eigenvalue weighted by Gasteiger charge is 2.20. The summed E-state index contributed by atoms with van der Waals surface area (Å²) in [6.45, 7) is 9.36. The van der Waals surface area contributed by atoms with E-state index in [1.165, 1.54) is 0 Å². The van der Waals surface area contributed by atoms with E-state index < -0.39 is 10.0 Å². The molecule has 4 aromatic rings. The number of ether oxygens (including phenoxy) is 1. The van der Waals surface area contributed by atoms with E-state index in [9.17, 15) is 13.2 Å². The first kappa shape index (κ1) is 30.6. The van der Waals surface area contributed by atoms with Gasteiger partial charge in [0.15, 0.2) is 5.13 Å². The Morgan fingerprint density at radius 3 is 2.39 bits per heavy atom. The first-order chi connectivity index (χ1) is 19.3. The Bertz CT molecular complexity index is 1570. The molecule has 0 spiro atoms. The number of benzene rings is 3. The molecule has 218 valence electrons. The van der Waals surface area contributed by atoms with Crippen molar-refractivity contribution < 1.29 is 17.9 Å². The zero-order valence-electron chi connectivity index (χ0n) is 23.0. The van der Waals surface area contributed by atoms with E-state index >= 15 is 0 Å². The van der Waals surface area contributed by atoms with E-state index in [1.54, 1.807) is 59.9 Å². The zero-order valence-corrected chi connectivity index (χ0v) is 25.4. The molecule has 1 aromatic heterocycles. The topological polar surface area (TPSA) is 104 Å². The largest absolute Gasteiger partial charge is 0.494 e. The number of nitrogens with one attached hydrogen (secondary N) is 2. The zero-order chi connectivity index (χ0) is 28.1. The van der Waals surface area contributed by atoms with Crippen molar-refractivity contribution in [3.8, 4) is 5.75 Å². The second kappa shape index (κ2) is 13.5. The quantitative estimate of drug-likeness (QED) is 0.265. The van der Waals surface area contributed by atoms with Crippen LogP contribution >= 0.6 is 23.7 Å². The van der Waals surface area contributed by atoms with Gasteiger partial charge >= 0.3 is 0 Å². The van der Waals surface area contributed by atoms with Crippen LogP contribution in [0.2, 0.25) is 0 Å². The number of carbonyl (C=O) groups is 1. The van der Waals surface area contributed by atoms with Crippen LogP contribution in [0.1, 0.15) is 22.8 Å². The number of aromatic nitrogens is 1. The summed E-state index contributed by atoms with van der Waals surface area (Å²) in [7, 11) is -3.69. The fourth-order valence-electron chi connectivity index (χ4n) is 4.50. The summed E-state index contributed by atoms with van der Waals surface area (Å²) in [4.78, 5) is 22.3. The van der Waals surface area contributed by atoms with Crippen LogP contribution in [0.15, 0.2) is 71.6 Å². The minimum atomic E-state index is -3.69. The van der Waals surface area contributed by atoms with Gasteiger partial charge in [-0.3, -0.25) is 14.4 Å². The molecule has 0 unspecified atom stereocenters. The van der Waals surface area contributed by atoms with Crippen molar-refractivity contribution in [3.63, 3.8) is 0 Å². The van der Waals surface area contributed by atoms with E-state index in [-0.39, 0.29) is 23.2 Å². The summed E-state index contributed by atoms with van der Waals surface area (Å²) in [6.07, 6.45) is 0. The van der Waals surface area contributed by atoms with Crippen LogP contribution < -0.4 is 19.7 Å². The lowest BCUT2D eigenvalue weighted by Gasteiger charge is -2.34. The van der Waals surface area contributed by atoms with Crippen LogP contribution in [-0.2, 0) is 10.0 Å². The fraction of sp³-hybridized carbons (Fsp3) is 0.310. The number of rotatable bonds is 10. The smallest absolute Gasteiger partial charge is 0.261 e. The third-order valence-corrected chi connectivity index (χ3v) is 9.22. The molecule has 0 aliphatic carbocycles. The molecule has 2 heterocycles. The van der Waals surface area contributed by atoms with Crippen molar-refractivity contribution in [1.29, 1.82) is 0 Å². The molecule has 1 saturated heterocycles. The van der Waals surface area contributed by atoms with E-state index in [0.717, 1.165) is 59.4 Å². The number of amides is 1. The van der Waals surface area contributed by atoms with Gasteiger partial charge in [0.05, 0.1) is 21.7 Å². The van der Waals surface area contributed by atoms with Gasteiger partial charge in [0.1, 0.15) is 5.75 Å². The van der Waals surface area contributed by atoms with Gasteiger partial charge in [-0.1, -0.05) is 29.0 Å². The van der Waals surface area contributed by atoms with Crippen molar-refractivity contribution >= 4 is 60.7 Å². The van der Waals surface area contributed by atoms with Gasteiger partial charge in [0.25, 0.3) is 15.9 Å². The molecule has 1 fully saturated rings. The van der Waals surface area contributed by atoms with Gasteiger partial charge < -0.3 is 15.0 Å². The number of carbonyl (C=O) groups excluding carboxylic acids is 1. The van der Waals surface area contributed by atoms with Crippen LogP contribution in [0.25, 0.3) is 10.2 Å². The Kier molecular flexibility index (Phi) is 10.1. The molecule has 0 radical (unpaired) electrons. The minimum absolute atomic E-state index is 0. The van der Waals surface area contributed by atoms with Crippen LogP contribution in [-0.4, -0.2) is 70.1 Å². The number of aryl methyl sites for hydroxylation is 1. The van der Waals surface area contributed by atoms with E-state index in [1.807, 2.05) is 26.0 Å². The summed E-state index contributed by atoms with van der Waals surface area (Å²) in [6, 6.07) is 19.1. The molecule has 1 aliphatic rings. The lowest BCUT2D eigenvalue weighted by atomic mass is 10.2. The molecule has 12 heteroatoms. The summed E-state index contributed by atoms with van der Waals surface area (Å²) in [5.41, 5.74) is 2.85. The van der Waals surface area contributed by atoms with Crippen molar-refractivity contribution in [2.24, 2.45) is 0 Å². The Balaban J connectivity index is 0.00000387. The second-order valence-electron chi connectivity index (χ2n) is 9.64. The Morgan fingerprint density at radius 1 is 1.00 bits per heavy atom. The molecule has 2 N–H and O–H groups in total. The molecule has 0 saturated carbocycles. The van der Waals surface area contributed by atoms with Gasteiger partial charge in [-0.2, -0.15) is 0 Å². The lowest BCUT2D eigenvalue weighted by Crippen LogP contribution is -2.48. The number of nitrogens with zero attached hydrogens (tertiary/aromatic N) is 3. The number of halogens is 1. The average Bonchev–Trinajstić information content (AvgIpc) is 3.37. The highest BCUT2D eigenvalue weighted by Crippen LogP contribution is 2.32. The van der Waals surface area contributed by atoms with Gasteiger partial charge in [0.2, 0.25) is 0 Å². The molecule has 41 heavy (non-hydrogen) atoms. The van der Waals surface area contributed by atoms with Crippen molar-refractivity contribution in [1.82, 2.24) is 15.2 Å². The normalized spacial score (nSPS) is 14.0. The standard InChI is InChI=1S/C29H33N5O4S2.ClH/c1-3-38-24-10-13-26-27(20-24)39-29(31-26)34-18-16-33(17-19-34)15-14-30-28(35)22-6-8-23(9-7-22)32-40(36,37)25-11-4-21(2)5-12-25;/h4-13,20,32H,3,14-19H2,1-2H3,(H,30,35);1H. The fourth-order valence-corrected chi connectivity index (χ4v) is 6.60. The van der Waals surface area contributed by atoms with Crippen LogP contribution in [0.3, 0.4) is 0 Å². The van der Waals surface area contributed by atoms with Gasteiger partial charge in [-0.05, 0) is 68.4 Å². The molecule has 3 aromatic carbocycles. The third kappa shape index (κ3) is 7.68. The highest BCUT2D eigenvalue weighted by molar-refractivity contribution is 7.92. The molecule has 1 amide bonds. The molecule has 5 rings (SSSR count). The molecular weight excluding hydrogens is 582 g/mol. The van der Waals surface area contributed by atoms with Crippen molar-refractivity contribution in [2.45, 2.75) is 18.7 Å². The van der Waals surface area contributed by atoms with Crippen LogP contribution in [0.4, 0.5) is 10.8 Å². The highest BCUT2D eigenvalue weighted by atomic mass is 35.5. The maximum atomic E-state index is 12.6. The second-order valence-corrected chi connectivity index (χ2v) is 12.3. The number of thiazole rings is 1. The Labute approximate surface area is 251 Å². The van der Waals surface area contributed by atoms with Gasteiger partial charge in [-0.15, -0.1) is 12.4 Å². The number of fused-ring (bicyclic) bond motifs is 1. The number of anilines is 2. The Hall–Kier alpha value is -3.38. The number of hydrogen-bond acceptors (Lipinski definition) is 8. The SMILES string of the molecule is CCOc1ccc2nc(N3CCN(CCNC(=O)c4ccc(NS(=O)(=O)c5ccc(C)cc5)cc4)CC3)sc2c1.Cl. The van der Waals surface area contributed by atoms with Crippen molar-refractivity contribution in [3.05, 3.63) is 77.9 Å². The average molecular weight is 616 g/mol. The molecule has 1 aliphatic heterocycles. The summed E-state index contributed by atoms with van der Waals surface area (Å²) >= 11 is 1.69. The lowest BCUT2D eigenvalue weighted by molar-refractivity contribution is 0.0948. The number of hydrogen-bond donors (Lipinski definition) is 2. The molecule has 9 nitrogen and oxygen atoms in total. The predicted octanol–water partition coefficient (Wildman–Crippen LogP) is 4.78. The third-order valence-electron chi connectivity index (χ3n) is 6.75. The maximum Gasteiger partial charge on any atom is 0.261 e. The summed E-state index contributed by atoms with van der Waals surface area (Å²) in [5, 5.41) is 4.00. The van der Waals surface area contributed by atoms with Gasteiger partial charge in [0, 0.05) is 50.5 Å². The minimum Gasteiger partial charge on any atom is -0.494 e. The summed E-state index contributed by atoms with van der Waals surface area (Å²) in [5.74, 6) is 0.684.